The summed E-state index contributed by atoms with van der Waals surface area (Å²) >= 11 is 0. The van der Waals surface area contributed by atoms with Gasteiger partial charge in [-0.2, -0.15) is 0 Å². The maximum absolute atomic E-state index is 3.48. The summed E-state index contributed by atoms with van der Waals surface area (Å²) in [6.45, 7) is 12.0. The standard InChI is InChI=1S/C13H28N2/c1-4-9-15(11-12(5-2)6-3)13-7-8-14-10-13/h12-14H,4-11H2,1-3H3. The predicted molar refractivity (Wildman–Crippen MR) is 67.2 cm³/mol. The SMILES string of the molecule is CCCN(CC(CC)CC)C1CCNC1. The molecular formula is C13H28N2. The maximum Gasteiger partial charge on any atom is 0.0232 e. The van der Waals surface area contributed by atoms with Crippen LogP contribution in [0.4, 0.5) is 0 Å². The molecule has 0 saturated carbocycles. The molecule has 15 heavy (non-hydrogen) atoms. The lowest BCUT2D eigenvalue weighted by Crippen LogP contribution is -2.40. The number of rotatable bonds is 7. The van der Waals surface area contributed by atoms with Crippen LogP contribution in [0.3, 0.4) is 0 Å². The highest BCUT2D eigenvalue weighted by atomic mass is 15.2. The Bertz CT molecular complexity index is 149. The van der Waals surface area contributed by atoms with Gasteiger partial charge in [-0.15, -0.1) is 0 Å². The van der Waals surface area contributed by atoms with Crippen LogP contribution in [0.1, 0.15) is 46.5 Å². The first-order valence-electron chi connectivity index (χ1n) is 6.76. The van der Waals surface area contributed by atoms with Gasteiger partial charge in [-0.3, -0.25) is 4.90 Å². The van der Waals surface area contributed by atoms with Crippen LogP contribution < -0.4 is 5.32 Å². The van der Waals surface area contributed by atoms with Gasteiger partial charge >= 0.3 is 0 Å². The van der Waals surface area contributed by atoms with E-state index in [0.717, 1.165) is 12.0 Å². The largest absolute Gasteiger partial charge is 0.315 e. The molecule has 0 bridgehead atoms. The Morgan fingerprint density at radius 2 is 2.00 bits per heavy atom. The lowest BCUT2D eigenvalue weighted by atomic mass is 10.0. The van der Waals surface area contributed by atoms with Crippen molar-refractivity contribution in [3.8, 4) is 0 Å². The van der Waals surface area contributed by atoms with E-state index in [-0.39, 0.29) is 0 Å². The summed E-state index contributed by atoms with van der Waals surface area (Å²) in [5.74, 6) is 0.900. The van der Waals surface area contributed by atoms with Gasteiger partial charge in [0.15, 0.2) is 0 Å². The van der Waals surface area contributed by atoms with E-state index < -0.39 is 0 Å². The second kappa shape index (κ2) is 7.24. The molecule has 1 rings (SSSR count). The third kappa shape index (κ3) is 4.12. The average molecular weight is 212 g/mol. The number of nitrogens with zero attached hydrogens (tertiary/aromatic N) is 1. The van der Waals surface area contributed by atoms with Gasteiger partial charge in [0.25, 0.3) is 0 Å². The fourth-order valence-corrected chi connectivity index (χ4v) is 2.54. The monoisotopic (exact) mass is 212 g/mol. The van der Waals surface area contributed by atoms with Crippen molar-refractivity contribution in [3.63, 3.8) is 0 Å². The second-order valence-corrected chi connectivity index (χ2v) is 4.82. The van der Waals surface area contributed by atoms with Crippen molar-refractivity contribution in [1.29, 1.82) is 0 Å². The van der Waals surface area contributed by atoms with Crippen LogP contribution in [0.2, 0.25) is 0 Å². The highest BCUT2D eigenvalue weighted by Gasteiger charge is 2.22. The van der Waals surface area contributed by atoms with Gasteiger partial charge in [-0.25, -0.2) is 0 Å². The van der Waals surface area contributed by atoms with Crippen LogP contribution in [0.25, 0.3) is 0 Å². The van der Waals surface area contributed by atoms with Crippen molar-refractivity contribution in [1.82, 2.24) is 10.2 Å². The lowest BCUT2D eigenvalue weighted by molar-refractivity contribution is 0.171. The molecule has 1 heterocycles. The van der Waals surface area contributed by atoms with E-state index in [1.165, 1.54) is 51.9 Å². The molecule has 2 nitrogen and oxygen atoms in total. The maximum atomic E-state index is 3.48. The molecule has 1 N–H and O–H groups in total. The van der Waals surface area contributed by atoms with Crippen LogP contribution >= 0.6 is 0 Å². The summed E-state index contributed by atoms with van der Waals surface area (Å²) in [6, 6.07) is 0.811. The highest BCUT2D eigenvalue weighted by Crippen LogP contribution is 2.15. The first-order chi connectivity index (χ1) is 7.31. The van der Waals surface area contributed by atoms with Crippen LogP contribution in [0.5, 0.6) is 0 Å². The van der Waals surface area contributed by atoms with Crippen LogP contribution in [0, 0.1) is 5.92 Å². The van der Waals surface area contributed by atoms with Gasteiger partial charge < -0.3 is 5.32 Å². The molecule has 0 aromatic carbocycles. The summed E-state index contributed by atoms with van der Waals surface area (Å²) < 4.78 is 0. The fraction of sp³-hybridized carbons (Fsp3) is 1.00. The second-order valence-electron chi connectivity index (χ2n) is 4.82. The molecule has 0 aromatic heterocycles. The van der Waals surface area contributed by atoms with E-state index >= 15 is 0 Å². The zero-order chi connectivity index (χ0) is 11.1. The Morgan fingerprint density at radius 1 is 1.27 bits per heavy atom. The van der Waals surface area contributed by atoms with Crippen LogP contribution in [-0.4, -0.2) is 37.1 Å². The van der Waals surface area contributed by atoms with Gasteiger partial charge in [0.1, 0.15) is 0 Å². The van der Waals surface area contributed by atoms with E-state index in [0.29, 0.717) is 0 Å². The number of hydrogen-bond acceptors (Lipinski definition) is 2. The van der Waals surface area contributed by atoms with Crippen molar-refractivity contribution >= 4 is 0 Å². The Balaban J connectivity index is 2.40. The van der Waals surface area contributed by atoms with E-state index in [1.807, 2.05) is 0 Å². The zero-order valence-electron chi connectivity index (χ0n) is 10.8. The Labute approximate surface area is 95.4 Å². The minimum absolute atomic E-state index is 0.811. The van der Waals surface area contributed by atoms with Gasteiger partial charge in [-0.1, -0.05) is 33.6 Å². The van der Waals surface area contributed by atoms with E-state index in [9.17, 15) is 0 Å². The summed E-state index contributed by atoms with van der Waals surface area (Å²) in [7, 11) is 0. The third-order valence-corrected chi connectivity index (χ3v) is 3.71. The molecule has 0 spiro atoms. The summed E-state index contributed by atoms with van der Waals surface area (Å²) in [4.78, 5) is 2.72. The molecule has 1 fully saturated rings. The molecule has 0 aliphatic carbocycles. The fourth-order valence-electron chi connectivity index (χ4n) is 2.54. The molecule has 1 atom stereocenters. The quantitative estimate of drug-likeness (QED) is 0.697. The molecule has 90 valence electrons. The molecule has 1 unspecified atom stereocenters. The molecule has 1 saturated heterocycles. The van der Waals surface area contributed by atoms with Crippen molar-refractivity contribution in [2.45, 2.75) is 52.5 Å². The normalized spacial score (nSPS) is 21.8. The number of nitrogens with one attached hydrogen (secondary N) is 1. The zero-order valence-corrected chi connectivity index (χ0v) is 10.8. The summed E-state index contributed by atoms with van der Waals surface area (Å²) in [6.07, 6.45) is 5.30. The van der Waals surface area contributed by atoms with Crippen molar-refractivity contribution in [3.05, 3.63) is 0 Å². The molecule has 0 amide bonds. The Kier molecular flexibility index (Phi) is 6.26. The van der Waals surface area contributed by atoms with Gasteiger partial charge in [0.05, 0.1) is 0 Å². The van der Waals surface area contributed by atoms with E-state index in [1.54, 1.807) is 0 Å². The minimum atomic E-state index is 0.811. The van der Waals surface area contributed by atoms with Gasteiger partial charge in [0, 0.05) is 19.1 Å². The molecule has 0 aromatic rings. The lowest BCUT2D eigenvalue weighted by Gasteiger charge is -2.31. The van der Waals surface area contributed by atoms with Gasteiger partial charge in [0.2, 0.25) is 0 Å². The average Bonchev–Trinajstić information content (AvgIpc) is 2.77. The highest BCUT2D eigenvalue weighted by molar-refractivity contribution is 4.81. The molecule has 2 heteroatoms. The first-order valence-corrected chi connectivity index (χ1v) is 6.76. The van der Waals surface area contributed by atoms with Crippen LogP contribution in [0.15, 0.2) is 0 Å². The van der Waals surface area contributed by atoms with Crippen LogP contribution in [-0.2, 0) is 0 Å². The topological polar surface area (TPSA) is 15.3 Å². The summed E-state index contributed by atoms with van der Waals surface area (Å²) in [5, 5.41) is 3.48. The van der Waals surface area contributed by atoms with E-state index in [4.69, 9.17) is 0 Å². The van der Waals surface area contributed by atoms with Crippen molar-refractivity contribution < 1.29 is 0 Å². The first kappa shape index (κ1) is 13.0. The van der Waals surface area contributed by atoms with Crippen molar-refractivity contribution in [2.75, 3.05) is 26.2 Å². The molecule has 1 aliphatic rings. The Hall–Kier alpha value is -0.0800. The molecular weight excluding hydrogens is 184 g/mol. The smallest absolute Gasteiger partial charge is 0.0232 e. The predicted octanol–water partition coefficient (Wildman–Crippen LogP) is 2.50. The summed E-state index contributed by atoms with van der Waals surface area (Å²) in [5.41, 5.74) is 0. The number of hydrogen-bond donors (Lipinski definition) is 1. The van der Waals surface area contributed by atoms with E-state index in [2.05, 4.69) is 31.0 Å². The van der Waals surface area contributed by atoms with Crippen molar-refractivity contribution in [2.24, 2.45) is 5.92 Å². The molecule has 1 aliphatic heterocycles. The third-order valence-electron chi connectivity index (χ3n) is 3.71. The Morgan fingerprint density at radius 3 is 2.47 bits per heavy atom. The molecule has 0 radical (unpaired) electrons. The minimum Gasteiger partial charge on any atom is -0.315 e. The van der Waals surface area contributed by atoms with Gasteiger partial charge in [-0.05, 0) is 31.8 Å².